The number of aliphatic hydroxyl groups is 1. The number of likely N-dealkylation sites (tertiary alicyclic amines) is 1. The van der Waals surface area contributed by atoms with E-state index >= 15 is 0 Å². The van der Waals surface area contributed by atoms with E-state index in [4.69, 9.17) is 0 Å². The minimum atomic E-state index is -0.962. The molecule has 126 valence electrons. The van der Waals surface area contributed by atoms with Crippen LogP contribution in [0, 0.1) is 0 Å². The molecule has 0 bridgehead atoms. The molecule has 24 heavy (non-hydrogen) atoms. The summed E-state index contributed by atoms with van der Waals surface area (Å²) < 4.78 is 1.61. The number of hydrogen-bond donors (Lipinski definition) is 1. The van der Waals surface area contributed by atoms with Gasteiger partial charge in [-0.1, -0.05) is 35.5 Å². The molecule has 0 aliphatic carbocycles. The molecule has 1 saturated heterocycles. The van der Waals surface area contributed by atoms with E-state index in [-0.39, 0.29) is 5.91 Å². The minimum Gasteiger partial charge on any atom is -0.386 e. The van der Waals surface area contributed by atoms with Crippen LogP contribution >= 0.6 is 0 Å². The number of rotatable bonds is 4. The molecule has 1 fully saturated rings. The fraction of sp³-hybridized carbons (Fsp3) is 0.389. The van der Waals surface area contributed by atoms with Gasteiger partial charge in [0.1, 0.15) is 5.60 Å². The molecule has 1 aromatic heterocycles. The van der Waals surface area contributed by atoms with Gasteiger partial charge in [0, 0.05) is 18.8 Å². The van der Waals surface area contributed by atoms with Gasteiger partial charge in [-0.25, -0.2) is 4.68 Å². The van der Waals surface area contributed by atoms with Crippen molar-refractivity contribution in [1.82, 2.24) is 19.9 Å². The second kappa shape index (κ2) is 6.97. The van der Waals surface area contributed by atoms with Gasteiger partial charge >= 0.3 is 0 Å². The first-order valence-electron chi connectivity index (χ1n) is 8.15. The lowest BCUT2D eigenvalue weighted by Gasteiger charge is -2.38. The second-order valence-corrected chi connectivity index (χ2v) is 6.38. The Labute approximate surface area is 141 Å². The van der Waals surface area contributed by atoms with Crippen LogP contribution in [0.15, 0.2) is 48.8 Å². The van der Waals surface area contributed by atoms with Crippen LogP contribution in [-0.2, 0) is 11.3 Å². The maximum Gasteiger partial charge on any atom is 0.246 e. The predicted octanol–water partition coefficient (Wildman–Crippen LogP) is 1.74. The number of carbonyl (C=O) groups is 1. The van der Waals surface area contributed by atoms with Crippen molar-refractivity contribution < 1.29 is 9.90 Å². The van der Waals surface area contributed by atoms with Gasteiger partial charge in [-0.05, 0) is 30.9 Å². The Morgan fingerprint density at radius 1 is 1.38 bits per heavy atom. The number of benzene rings is 1. The zero-order valence-electron chi connectivity index (χ0n) is 13.8. The molecule has 1 unspecified atom stereocenters. The Morgan fingerprint density at radius 3 is 2.88 bits per heavy atom. The van der Waals surface area contributed by atoms with E-state index in [9.17, 15) is 9.90 Å². The van der Waals surface area contributed by atoms with Crippen LogP contribution in [0.1, 0.15) is 25.3 Å². The summed E-state index contributed by atoms with van der Waals surface area (Å²) in [7, 11) is 0. The molecular weight excluding hydrogens is 304 g/mol. The number of nitrogens with zero attached hydrogens (tertiary/aromatic N) is 4. The normalized spacial score (nSPS) is 21.8. The molecule has 3 rings (SSSR count). The van der Waals surface area contributed by atoms with Gasteiger partial charge in [-0.2, -0.15) is 0 Å². The summed E-state index contributed by atoms with van der Waals surface area (Å²) in [6.45, 7) is 3.25. The van der Waals surface area contributed by atoms with Crippen LogP contribution in [0.25, 0.3) is 5.57 Å². The molecule has 6 heteroatoms. The van der Waals surface area contributed by atoms with E-state index in [1.54, 1.807) is 28.1 Å². The largest absolute Gasteiger partial charge is 0.386 e. The monoisotopic (exact) mass is 326 g/mol. The highest BCUT2D eigenvalue weighted by molar-refractivity contribution is 5.95. The van der Waals surface area contributed by atoms with Crippen LogP contribution in [0.5, 0.6) is 0 Å². The minimum absolute atomic E-state index is 0.0620. The van der Waals surface area contributed by atoms with Gasteiger partial charge in [0.15, 0.2) is 0 Å². The summed E-state index contributed by atoms with van der Waals surface area (Å²) in [4.78, 5) is 14.3. The fourth-order valence-corrected chi connectivity index (χ4v) is 3.11. The summed E-state index contributed by atoms with van der Waals surface area (Å²) >= 11 is 0. The summed E-state index contributed by atoms with van der Waals surface area (Å²) in [5.74, 6) is -0.0620. The molecule has 0 saturated carbocycles. The Kier molecular flexibility index (Phi) is 4.76. The zero-order chi connectivity index (χ0) is 17.0. The van der Waals surface area contributed by atoms with Gasteiger partial charge in [-0.3, -0.25) is 4.79 Å². The van der Waals surface area contributed by atoms with Gasteiger partial charge < -0.3 is 10.0 Å². The van der Waals surface area contributed by atoms with Gasteiger partial charge in [-0.15, -0.1) is 5.10 Å². The summed E-state index contributed by atoms with van der Waals surface area (Å²) in [6.07, 6.45) is 6.38. The van der Waals surface area contributed by atoms with Crippen molar-refractivity contribution in [3.63, 3.8) is 0 Å². The third kappa shape index (κ3) is 3.89. The van der Waals surface area contributed by atoms with Gasteiger partial charge in [0.05, 0.1) is 19.3 Å². The van der Waals surface area contributed by atoms with Crippen molar-refractivity contribution in [2.75, 3.05) is 13.1 Å². The smallest absolute Gasteiger partial charge is 0.246 e. The quantitative estimate of drug-likeness (QED) is 0.869. The van der Waals surface area contributed by atoms with Crippen molar-refractivity contribution in [2.45, 2.75) is 31.9 Å². The van der Waals surface area contributed by atoms with Crippen LogP contribution in [0.2, 0.25) is 0 Å². The van der Waals surface area contributed by atoms with E-state index in [1.165, 1.54) is 0 Å². The highest BCUT2D eigenvalue weighted by atomic mass is 16.3. The Balaban J connectivity index is 1.69. The van der Waals surface area contributed by atoms with Crippen molar-refractivity contribution >= 4 is 11.5 Å². The number of β-amino-alcohol motifs (C(OH)–C–C–N with tert-alkyl or cyclic N) is 1. The van der Waals surface area contributed by atoms with Crippen molar-refractivity contribution in [3.05, 3.63) is 54.4 Å². The first-order chi connectivity index (χ1) is 11.6. The summed E-state index contributed by atoms with van der Waals surface area (Å²) in [5.41, 5.74) is 0.988. The molecule has 1 amide bonds. The molecule has 1 atom stereocenters. The number of piperidine rings is 1. The lowest BCUT2D eigenvalue weighted by Crippen LogP contribution is -2.52. The van der Waals surface area contributed by atoms with Gasteiger partial charge in [0.2, 0.25) is 5.91 Å². The van der Waals surface area contributed by atoms with E-state index in [1.807, 2.05) is 37.3 Å². The fourth-order valence-electron chi connectivity index (χ4n) is 3.11. The predicted molar refractivity (Wildman–Crippen MR) is 90.9 cm³/mol. The number of hydrogen-bond acceptors (Lipinski definition) is 4. The molecule has 0 radical (unpaired) electrons. The van der Waals surface area contributed by atoms with Crippen LogP contribution in [0.3, 0.4) is 0 Å². The molecule has 1 aliphatic heterocycles. The van der Waals surface area contributed by atoms with Crippen molar-refractivity contribution in [3.8, 4) is 0 Å². The Hall–Kier alpha value is -2.47. The van der Waals surface area contributed by atoms with Crippen molar-refractivity contribution in [2.24, 2.45) is 0 Å². The average Bonchev–Trinajstić information content (AvgIpc) is 3.07. The van der Waals surface area contributed by atoms with Crippen molar-refractivity contribution in [1.29, 1.82) is 0 Å². The molecule has 1 aromatic carbocycles. The third-order valence-corrected chi connectivity index (χ3v) is 4.36. The first kappa shape index (κ1) is 16.4. The maximum atomic E-state index is 12.6. The topological polar surface area (TPSA) is 71.2 Å². The van der Waals surface area contributed by atoms with E-state index < -0.39 is 5.60 Å². The number of allylic oxidation sites excluding steroid dienone is 1. The summed E-state index contributed by atoms with van der Waals surface area (Å²) in [6, 6.07) is 9.82. The number of aromatic nitrogens is 3. The number of carbonyl (C=O) groups excluding carboxylic acids is 1. The Bertz CT molecular complexity index is 712. The second-order valence-electron chi connectivity index (χ2n) is 6.38. The van der Waals surface area contributed by atoms with Crippen LogP contribution < -0.4 is 0 Å². The SMILES string of the molecule is C/C(=C\C(=O)N1CCCC(O)(Cn2ccnn2)C1)c1ccccc1. The maximum absolute atomic E-state index is 12.6. The van der Waals surface area contributed by atoms with E-state index in [0.29, 0.717) is 26.1 Å². The highest BCUT2D eigenvalue weighted by Crippen LogP contribution is 2.24. The first-order valence-corrected chi connectivity index (χ1v) is 8.15. The molecule has 1 N–H and O–H groups in total. The van der Waals surface area contributed by atoms with Gasteiger partial charge in [0.25, 0.3) is 0 Å². The standard InChI is InChI=1S/C18H22N4O2/c1-15(16-6-3-2-4-7-16)12-17(23)21-10-5-8-18(24,13-21)14-22-11-9-19-20-22/h2-4,6-7,9,11-12,24H,5,8,10,13-14H2,1H3/b15-12+. The summed E-state index contributed by atoms with van der Waals surface area (Å²) in [5, 5.41) is 18.5. The lowest BCUT2D eigenvalue weighted by atomic mass is 9.92. The molecule has 2 aromatic rings. The van der Waals surface area contributed by atoms with Crippen LogP contribution in [0.4, 0.5) is 0 Å². The molecule has 1 aliphatic rings. The third-order valence-electron chi connectivity index (χ3n) is 4.36. The molecular formula is C18H22N4O2. The lowest BCUT2D eigenvalue weighted by molar-refractivity contribution is -0.134. The van der Waals surface area contributed by atoms with E-state index in [0.717, 1.165) is 17.6 Å². The van der Waals surface area contributed by atoms with E-state index in [2.05, 4.69) is 10.3 Å². The molecule has 6 nitrogen and oxygen atoms in total. The van der Waals surface area contributed by atoms with Crippen LogP contribution in [-0.4, -0.2) is 49.6 Å². The molecule has 0 spiro atoms. The highest BCUT2D eigenvalue weighted by Gasteiger charge is 2.35. The average molecular weight is 326 g/mol. The molecule has 2 heterocycles. The number of amides is 1. The zero-order valence-corrected chi connectivity index (χ0v) is 13.8. The Morgan fingerprint density at radius 2 is 2.17 bits per heavy atom.